The largest absolute Gasteiger partial charge is 0.343 e. The third-order valence-electron chi connectivity index (χ3n) is 4.27. The summed E-state index contributed by atoms with van der Waals surface area (Å²) in [4.78, 5) is 31.4. The molecule has 1 aliphatic rings. The third-order valence-corrected chi connectivity index (χ3v) is 5.09. The first kappa shape index (κ1) is 17.9. The van der Waals surface area contributed by atoms with Crippen LogP contribution in [0.15, 0.2) is 22.6 Å². The lowest BCUT2D eigenvalue weighted by molar-refractivity contribution is -0.132. The van der Waals surface area contributed by atoms with Gasteiger partial charge in [0.15, 0.2) is 0 Å². The molecule has 0 atom stereocenters. The number of carbonyl (C=O) groups is 1. The predicted molar refractivity (Wildman–Crippen MR) is 94.4 cm³/mol. The highest BCUT2D eigenvalue weighted by molar-refractivity contribution is 7.16. The number of nitrogens with zero attached hydrogens (tertiary/aromatic N) is 3. The molecule has 0 radical (unpaired) electrons. The number of rotatable bonds is 4. The van der Waals surface area contributed by atoms with Crippen molar-refractivity contribution in [2.45, 2.75) is 31.8 Å². The van der Waals surface area contributed by atoms with Crippen LogP contribution in [0.2, 0.25) is 0 Å². The number of hydrogen-bond donors (Lipinski definition) is 1. The monoisotopic (exact) mass is 356 g/mol. The van der Waals surface area contributed by atoms with E-state index in [-0.39, 0.29) is 23.9 Å². The molecule has 1 fully saturated rings. The summed E-state index contributed by atoms with van der Waals surface area (Å²) >= 11 is 1.45. The molecule has 1 saturated heterocycles. The summed E-state index contributed by atoms with van der Waals surface area (Å²) in [5.74, 6) is 0.0872. The van der Waals surface area contributed by atoms with Gasteiger partial charge in [-0.25, -0.2) is 4.98 Å². The Balaban J connectivity index is 0.00000192. The van der Waals surface area contributed by atoms with E-state index in [2.05, 4.69) is 10.3 Å². The second-order valence-electron chi connectivity index (χ2n) is 5.62. The van der Waals surface area contributed by atoms with Crippen LogP contribution in [0.5, 0.6) is 0 Å². The topological polar surface area (TPSA) is 67.2 Å². The van der Waals surface area contributed by atoms with Gasteiger partial charge in [0, 0.05) is 26.1 Å². The number of piperidine rings is 1. The molecule has 0 aliphatic carbocycles. The summed E-state index contributed by atoms with van der Waals surface area (Å²) in [6, 6.07) is 2.09. The van der Waals surface area contributed by atoms with Crippen LogP contribution >= 0.6 is 23.7 Å². The Kier molecular flexibility index (Phi) is 6.15. The number of thiophene rings is 1. The van der Waals surface area contributed by atoms with Crippen LogP contribution in [-0.2, 0) is 11.3 Å². The van der Waals surface area contributed by atoms with Gasteiger partial charge < -0.3 is 10.2 Å². The van der Waals surface area contributed by atoms with E-state index in [9.17, 15) is 9.59 Å². The van der Waals surface area contributed by atoms with Crippen LogP contribution in [0, 0.1) is 0 Å². The van der Waals surface area contributed by atoms with E-state index in [0.29, 0.717) is 24.4 Å². The number of halogens is 1. The number of carbonyl (C=O) groups excluding carboxylic acids is 1. The lowest BCUT2D eigenvalue weighted by atomic mass is 10.1. The SMILES string of the molecule is CN(C(=O)CCn1cnc2sccc2c1=O)C1CCNCC1.Cl. The second kappa shape index (κ2) is 7.90. The first-order valence-corrected chi connectivity index (χ1v) is 8.44. The minimum Gasteiger partial charge on any atom is -0.343 e. The Hall–Kier alpha value is -1.44. The molecule has 0 bridgehead atoms. The van der Waals surface area contributed by atoms with Gasteiger partial charge >= 0.3 is 0 Å². The molecule has 3 heterocycles. The van der Waals surface area contributed by atoms with Gasteiger partial charge in [0.1, 0.15) is 4.83 Å². The molecule has 0 aromatic carbocycles. The van der Waals surface area contributed by atoms with Crippen molar-refractivity contribution in [3.05, 3.63) is 28.1 Å². The lowest BCUT2D eigenvalue weighted by Gasteiger charge is -2.31. The Bertz CT molecular complexity index is 724. The van der Waals surface area contributed by atoms with Crippen molar-refractivity contribution >= 4 is 39.9 Å². The fourth-order valence-electron chi connectivity index (χ4n) is 2.84. The molecule has 0 saturated carbocycles. The Morgan fingerprint density at radius 2 is 2.22 bits per heavy atom. The lowest BCUT2D eigenvalue weighted by Crippen LogP contribution is -2.44. The minimum atomic E-state index is -0.0661. The van der Waals surface area contributed by atoms with E-state index in [0.717, 1.165) is 30.8 Å². The van der Waals surface area contributed by atoms with Crippen LogP contribution in [0.4, 0.5) is 0 Å². The molecule has 1 N–H and O–H groups in total. The van der Waals surface area contributed by atoms with E-state index < -0.39 is 0 Å². The maximum atomic E-state index is 12.3. The van der Waals surface area contributed by atoms with Crippen molar-refractivity contribution in [1.29, 1.82) is 0 Å². The number of fused-ring (bicyclic) bond motifs is 1. The summed E-state index contributed by atoms with van der Waals surface area (Å²) in [5, 5.41) is 5.79. The molecule has 3 rings (SSSR count). The van der Waals surface area contributed by atoms with E-state index in [1.165, 1.54) is 15.9 Å². The van der Waals surface area contributed by atoms with E-state index in [4.69, 9.17) is 0 Å². The maximum Gasteiger partial charge on any atom is 0.262 e. The van der Waals surface area contributed by atoms with Gasteiger partial charge in [0.2, 0.25) is 5.91 Å². The molecule has 0 spiro atoms. The summed E-state index contributed by atoms with van der Waals surface area (Å²) in [5.41, 5.74) is -0.0661. The fourth-order valence-corrected chi connectivity index (χ4v) is 3.57. The number of aryl methyl sites for hydroxylation is 1. The number of hydrogen-bond acceptors (Lipinski definition) is 5. The van der Waals surface area contributed by atoms with E-state index >= 15 is 0 Å². The molecule has 23 heavy (non-hydrogen) atoms. The Morgan fingerprint density at radius 3 is 2.96 bits per heavy atom. The van der Waals surface area contributed by atoms with Crippen molar-refractivity contribution in [2.75, 3.05) is 20.1 Å². The summed E-state index contributed by atoms with van der Waals surface area (Å²) < 4.78 is 1.53. The molecular formula is C15H21ClN4O2S. The van der Waals surface area contributed by atoms with E-state index in [1.807, 2.05) is 17.3 Å². The maximum absolute atomic E-state index is 12.3. The van der Waals surface area contributed by atoms with Crippen LogP contribution in [0.3, 0.4) is 0 Å². The van der Waals surface area contributed by atoms with Crippen LogP contribution in [0.1, 0.15) is 19.3 Å². The first-order valence-electron chi connectivity index (χ1n) is 7.56. The zero-order valence-corrected chi connectivity index (χ0v) is 14.7. The standard InChI is InChI=1S/C15H20N4O2S.ClH/c1-18(11-2-6-16-7-3-11)13(20)4-8-19-10-17-14-12(15(19)21)5-9-22-14;/h5,9-11,16H,2-4,6-8H2,1H3;1H. The zero-order chi connectivity index (χ0) is 15.5. The van der Waals surface area contributed by atoms with Crippen molar-refractivity contribution < 1.29 is 4.79 Å². The Morgan fingerprint density at radius 1 is 1.48 bits per heavy atom. The van der Waals surface area contributed by atoms with Crippen molar-refractivity contribution in [3.8, 4) is 0 Å². The summed E-state index contributed by atoms with van der Waals surface area (Å²) in [6.07, 6.45) is 3.85. The molecular weight excluding hydrogens is 336 g/mol. The Labute approximate surface area is 144 Å². The fraction of sp³-hybridized carbons (Fsp3) is 0.533. The molecule has 126 valence electrons. The van der Waals surface area contributed by atoms with Gasteiger partial charge in [0.05, 0.1) is 11.7 Å². The van der Waals surface area contributed by atoms with Gasteiger partial charge in [-0.05, 0) is 37.4 Å². The van der Waals surface area contributed by atoms with Crippen molar-refractivity contribution in [2.24, 2.45) is 0 Å². The molecule has 2 aromatic heterocycles. The van der Waals surface area contributed by atoms with Gasteiger partial charge in [-0.15, -0.1) is 23.7 Å². The number of aromatic nitrogens is 2. The first-order chi connectivity index (χ1) is 10.7. The van der Waals surface area contributed by atoms with Crippen LogP contribution in [-0.4, -0.2) is 46.5 Å². The summed E-state index contributed by atoms with van der Waals surface area (Å²) in [6.45, 7) is 2.30. The third kappa shape index (κ3) is 3.91. The van der Waals surface area contributed by atoms with Crippen molar-refractivity contribution in [3.63, 3.8) is 0 Å². The number of amides is 1. The smallest absolute Gasteiger partial charge is 0.262 e. The van der Waals surface area contributed by atoms with Gasteiger partial charge in [-0.2, -0.15) is 0 Å². The highest BCUT2D eigenvalue weighted by Gasteiger charge is 2.21. The minimum absolute atomic E-state index is 0. The second-order valence-corrected chi connectivity index (χ2v) is 6.51. The quantitative estimate of drug-likeness (QED) is 0.901. The van der Waals surface area contributed by atoms with Gasteiger partial charge in [0.25, 0.3) is 5.56 Å². The number of nitrogens with one attached hydrogen (secondary N) is 1. The summed E-state index contributed by atoms with van der Waals surface area (Å²) in [7, 11) is 1.86. The normalized spacial score (nSPS) is 15.3. The average Bonchev–Trinajstić information content (AvgIpc) is 3.03. The van der Waals surface area contributed by atoms with Crippen molar-refractivity contribution in [1.82, 2.24) is 19.8 Å². The van der Waals surface area contributed by atoms with E-state index in [1.54, 1.807) is 12.4 Å². The van der Waals surface area contributed by atoms with Crippen LogP contribution < -0.4 is 10.9 Å². The highest BCUT2D eigenvalue weighted by atomic mass is 35.5. The van der Waals surface area contributed by atoms with Crippen LogP contribution in [0.25, 0.3) is 10.2 Å². The molecule has 8 heteroatoms. The molecule has 1 amide bonds. The van der Waals surface area contributed by atoms with Gasteiger partial charge in [-0.3, -0.25) is 14.2 Å². The molecule has 0 unspecified atom stereocenters. The predicted octanol–water partition coefficient (Wildman–Crippen LogP) is 1.48. The highest BCUT2D eigenvalue weighted by Crippen LogP contribution is 2.14. The molecule has 1 aliphatic heterocycles. The average molecular weight is 357 g/mol. The molecule has 2 aromatic rings. The van der Waals surface area contributed by atoms with Gasteiger partial charge in [-0.1, -0.05) is 0 Å². The zero-order valence-electron chi connectivity index (χ0n) is 13.0. The molecule has 6 nitrogen and oxygen atoms in total.